The lowest BCUT2D eigenvalue weighted by Crippen LogP contribution is -2.23. The SMILES string of the molecule is COc1ccc(CNC(=O)c2cnn(-c3ccccc3)c2C)cc1. The van der Waals surface area contributed by atoms with Gasteiger partial charge in [0.1, 0.15) is 5.75 Å². The van der Waals surface area contributed by atoms with Crippen molar-refractivity contribution in [3.63, 3.8) is 0 Å². The first-order valence-corrected chi connectivity index (χ1v) is 7.70. The highest BCUT2D eigenvalue weighted by Crippen LogP contribution is 2.14. The van der Waals surface area contributed by atoms with Gasteiger partial charge in [0.05, 0.1) is 30.3 Å². The number of hydrogen-bond acceptors (Lipinski definition) is 3. The molecule has 2 aromatic carbocycles. The lowest BCUT2D eigenvalue weighted by atomic mass is 10.2. The summed E-state index contributed by atoms with van der Waals surface area (Å²) in [6.45, 7) is 2.35. The maximum Gasteiger partial charge on any atom is 0.255 e. The zero-order valence-corrected chi connectivity index (χ0v) is 13.7. The molecule has 1 N–H and O–H groups in total. The summed E-state index contributed by atoms with van der Waals surface area (Å²) in [7, 11) is 1.63. The highest BCUT2D eigenvalue weighted by molar-refractivity contribution is 5.95. The maximum atomic E-state index is 12.4. The van der Waals surface area contributed by atoms with Gasteiger partial charge in [-0.15, -0.1) is 0 Å². The van der Waals surface area contributed by atoms with Crippen LogP contribution in [0, 0.1) is 6.92 Å². The van der Waals surface area contributed by atoms with E-state index < -0.39 is 0 Å². The Hall–Kier alpha value is -3.08. The van der Waals surface area contributed by atoms with Crippen molar-refractivity contribution < 1.29 is 9.53 Å². The zero-order valence-electron chi connectivity index (χ0n) is 13.7. The Morgan fingerprint density at radius 3 is 2.50 bits per heavy atom. The van der Waals surface area contributed by atoms with E-state index in [2.05, 4.69) is 10.4 Å². The molecule has 0 atom stereocenters. The zero-order chi connectivity index (χ0) is 16.9. The normalized spacial score (nSPS) is 10.4. The van der Waals surface area contributed by atoms with Crippen molar-refractivity contribution >= 4 is 5.91 Å². The molecule has 5 nitrogen and oxygen atoms in total. The minimum absolute atomic E-state index is 0.134. The van der Waals surface area contributed by atoms with Gasteiger partial charge < -0.3 is 10.1 Å². The molecule has 1 heterocycles. The molecule has 3 aromatic rings. The number of benzene rings is 2. The van der Waals surface area contributed by atoms with Gasteiger partial charge in [0.25, 0.3) is 5.91 Å². The largest absolute Gasteiger partial charge is 0.497 e. The predicted molar refractivity (Wildman–Crippen MR) is 92.5 cm³/mol. The topological polar surface area (TPSA) is 56.1 Å². The number of methoxy groups -OCH3 is 1. The highest BCUT2D eigenvalue weighted by atomic mass is 16.5. The van der Waals surface area contributed by atoms with Crippen molar-refractivity contribution in [2.75, 3.05) is 7.11 Å². The van der Waals surface area contributed by atoms with Gasteiger partial charge in [0.2, 0.25) is 0 Å². The van der Waals surface area contributed by atoms with E-state index in [9.17, 15) is 4.79 Å². The van der Waals surface area contributed by atoms with Gasteiger partial charge in [-0.25, -0.2) is 4.68 Å². The van der Waals surface area contributed by atoms with Crippen LogP contribution in [0.5, 0.6) is 5.75 Å². The van der Waals surface area contributed by atoms with Gasteiger partial charge in [-0.3, -0.25) is 4.79 Å². The van der Waals surface area contributed by atoms with E-state index in [0.29, 0.717) is 12.1 Å². The van der Waals surface area contributed by atoms with E-state index >= 15 is 0 Å². The van der Waals surface area contributed by atoms with Crippen LogP contribution in [0.2, 0.25) is 0 Å². The average molecular weight is 321 g/mol. The summed E-state index contributed by atoms with van der Waals surface area (Å²) >= 11 is 0. The minimum atomic E-state index is -0.134. The van der Waals surface area contributed by atoms with Crippen LogP contribution in [0.25, 0.3) is 5.69 Å². The van der Waals surface area contributed by atoms with Crippen LogP contribution in [0.1, 0.15) is 21.6 Å². The molecule has 0 saturated carbocycles. The Morgan fingerprint density at radius 2 is 1.83 bits per heavy atom. The number of amides is 1. The molecule has 0 fully saturated rings. The van der Waals surface area contributed by atoms with Crippen LogP contribution < -0.4 is 10.1 Å². The monoisotopic (exact) mass is 321 g/mol. The van der Waals surface area contributed by atoms with Gasteiger partial charge in [0.15, 0.2) is 0 Å². The van der Waals surface area contributed by atoms with E-state index in [1.807, 2.05) is 61.5 Å². The Labute approximate surface area is 140 Å². The van der Waals surface area contributed by atoms with Gasteiger partial charge in [-0.1, -0.05) is 30.3 Å². The average Bonchev–Trinajstić information content (AvgIpc) is 3.02. The first-order valence-electron chi connectivity index (χ1n) is 7.70. The second kappa shape index (κ2) is 7.00. The number of carbonyl (C=O) groups is 1. The lowest BCUT2D eigenvalue weighted by Gasteiger charge is -2.07. The molecule has 1 aromatic heterocycles. The number of carbonyl (C=O) groups excluding carboxylic acids is 1. The van der Waals surface area contributed by atoms with Gasteiger partial charge in [-0.2, -0.15) is 5.10 Å². The van der Waals surface area contributed by atoms with Crippen molar-refractivity contribution in [2.24, 2.45) is 0 Å². The third-order valence-electron chi connectivity index (χ3n) is 3.87. The van der Waals surface area contributed by atoms with Crippen molar-refractivity contribution in [3.8, 4) is 11.4 Å². The molecule has 0 radical (unpaired) electrons. The molecule has 0 aliphatic carbocycles. The smallest absolute Gasteiger partial charge is 0.255 e. The Kier molecular flexibility index (Phi) is 4.61. The maximum absolute atomic E-state index is 12.4. The summed E-state index contributed by atoms with van der Waals surface area (Å²) in [6, 6.07) is 17.4. The molecule has 0 bridgehead atoms. The van der Waals surface area contributed by atoms with Crippen molar-refractivity contribution in [1.82, 2.24) is 15.1 Å². The molecular weight excluding hydrogens is 302 g/mol. The number of hydrogen-bond donors (Lipinski definition) is 1. The third-order valence-corrected chi connectivity index (χ3v) is 3.87. The van der Waals surface area contributed by atoms with Gasteiger partial charge in [0, 0.05) is 6.54 Å². The molecule has 0 saturated heterocycles. The first-order chi connectivity index (χ1) is 11.7. The second-order valence-electron chi connectivity index (χ2n) is 5.42. The number of rotatable bonds is 5. The fraction of sp³-hybridized carbons (Fsp3) is 0.158. The molecule has 3 rings (SSSR count). The quantitative estimate of drug-likeness (QED) is 0.785. The number of aromatic nitrogens is 2. The second-order valence-corrected chi connectivity index (χ2v) is 5.42. The molecule has 122 valence electrons. The summed E-state index contributed by atoms with van der Waals surface area (Å²) in [6.07, 6.45) is 1.60. The molecule has 0 aliphatic rings. The number of nitrogens with zero attached hydrogens (tertiary/aromatic N) is 2. The first kappa shape index (κ1) is 15.8. The van der Waals surface area contributed by atoms with Gasteiger partial charge >= 0.3 is 0 Å². The molecular formula is C19H19N3O2. The van der Waals surface area contributed by atoms with Crippen molar-refractivity contribution in [1.29, 1.82) is 0 Å². The van der Waals surface area contributed by atoms with Crippen LogP contribution in [0.4, 0.5) is 0 Å². The Balaban J connectivity index is 1.70. The third kappa shape index (κ3) is 3.30. The van der Waals surface area contributed by atoms with Crippen LogP contribution in [-0.2, 0) is 6.54 Å². The molecule has 0 spiro atoms. The Morgan fingerprint density at radius 1 is 1.12 bits per heavy atom. The van der Waals surface area contributed by atoms with E-state index in [1.54, 1.807) is 18.0 Å². The van der Waals surface area contributed by atoms with Gasteiger partial charge in [-0.05, 0) is 36.8 Å². The molecule has 5 heteroatoms. The van der Waals surface area contributed by atoms with Crippen LogP contribution in [-0.4, -0.2) is 22.8 Å². The Bertz CT molecular complexity index is 824. The fourth-order valence-electron chi connectivity index (χ4n) is 2.48. The molecule has 0 aliphatic heterocycles. The van der Waals surface area contributed by atoms with Crippen LogP contribution in [0.15, 0.2) is 60.8 Å². The summed E-state index contributed by atoms with van der Waals surface area (Å²) in [5.41, 5.74) is 3.34. The minimum Gasteiger partial charge on any atom is -0.497 e. The van der Waals surface area contributed by atoms with E-state index in [-0.39, 0.29) is 5.91 Å². The molecule has 24 heavy (non-hydrogen) atoms. The summed E-state index contributed by atoms with van der Waals surface area (Å²) < 4.78 is 6.89. The summed E-state index contributed by atoms with van der Waals surface area (Å²) in [4.78, 5) is 12.4. The standard InChI is InChI=1S/C19H19N3O2/c1-14-18(13-21-22(14)16-6-4-3-5-7-16)19(23)20-12-15-8-10-17(24-2)11-9-15/h3-11,13H,12H2,1-2H3,(H,20,23). The number of nitrogens with one attached hydrogen (secondary N) is 1. The summed E-state index contributed by atoms with van der Waals surface area (Å²) in [5.74, 6) is 0.663. The van der Waals surface area contributed by atoms with Crippen molar-refractivity contribution in [2.45, 2.75) is 13.5 Å². The lowest BCUT2D eigenvalue weighted by molar-refractivity contribution is 0.0950. The van der Waals surface area contributed by atoms with Crippen LogP contribution >= 0.6 is 0 Å². The summed E-state index contributed by atoms with van der Waals surface area (Å²) in [5, 5.41) is 7.25. The van der Waals surface area contributed by atoms with E-state index in [0.717, 1.165) is 22.7 Å². The molecule has 0 unspecified atom stereocenters. The molecule has 1 amide bonds. The van der Waals surface area contributed by atoms with Crippen molar-refractivity contribution in [3.05, 3.63) is 77.6 Å². The van der Waals surface area contributed by atoms with E-state index in [4.69, 9.17) is 4.74 Å². The van der Waals surface area contributed by atoms with E-state index in [1.165, 1.54) is 0 Å². The number of para-hydroxylation sites is 1. The highest BCUT2D eigenvalue weighted by Gasteiger charge is 2.14. The predicted octanol–water partition coefficient (Wildman–Crippen LogP) is 3.12. The van der Waals surface area contributed by atoms with Crippen LogP contribution in [0.3, 0.4) is 0 Å². The fourth-order valence-corrected chi connectivity index (χ4v) is 2.48. The number of ether oxygens (including phenoxy) is 1.